The van der Waals surface area contributed by atoms with Gasteiger partial charge in [-0.05, 0) is 31.0 Å². The van der Waals surface area contributed by atoms with E-state index < -0.39 is 0 Å². The maximum absolute atomic E-state index is 12.2. The van der Waals surface area contributed by atoms with Crippen LogP contribution in [-0.2, 0) is 4.74 Å². The number of carbonyl (C=O) groups excluding carboxylic acids is 1. The first-order chi connectivity index (χ1) is 11.8. The Morgan fingerprint density at radius 3 is 2.60 bits per heavy atom. The molecule has 1 amide bonds. The first-order valence-corrected chi connectivity index (χ1v) is 9.03. The minimum atomic E-state index is -0.0603. The zero-order valence-electron chi connectivity index (χ0n) is 15.1. The lowest BCUT2D eigenvalue weighted by Gasteiger charge is -2.16. The van der Waals surface area contributed by atoms with Crippen molar-refractivity contribution in [2.24, 2.45) is 0 Å². The summed E-state index contributed by atoms with van der Waals surface area (Å²) in [6.07, 6.45) is 7.87. The number of halogens is 1. The molecule has 0 saturated heterocycles. The average Bonchev–Trinajstić information content (AvgIpc) is 2.88. The molecule has 5 nitrogen and oxygen atoms in total. The van der Waals surface area contributed by atoms with Crippen molar-refractivity contribution in [1.29, 1.82) is 0 Å². The molecular weight excluding hydrogens is 340 g/mol. The molecule has 2 rings (SSSR count). The van der Waals surface area contributed by atoms with E-state index in [1.165, 1.54) is 38.5 Å². The monoisotopic (exact) mass is 370 g/mol. The Balaban J connectivity index is 0.00000312. The van der Waals surface area contributed by atoms with Crippen LogP contribution in [0.5, 0.6) is 5.75 Å². The van der Waals surface area contributed by atoms with Crippen molar-refractivity contribution in [3.05, 3.63) is 29.8 Å². The first-order valence-electron chi connectivity index (χ1n) is 9.03. The van der Waals surface area contributed by atoms with Crippen LogP contribution in [0.1, 0.15) is 48.9 Å². The molecule has 1 aliphatic rings. The molecule has 25 heavy (non-hydrogen) atoms. The molecule has 0 aromatic heterocycles. The lowest BCUT2D eigenvalue weighted by atomic mass is 10.1. The largest absolute Gasteiger partial charge is 0.491 e. The highest BCUT2D eigenvalue weighted by atomic mass is 35.5. The Labute approximate surface area is 157 Å². The topological polar surface area (TPSA) is 59.6 Å². The van der Waals surface area contributed by atoms with Crippen LogP contribution in [0.4, 0.5) is 0 Å². The Morgan fingerprint density at radius 2 is 1.88 bits per heavy atom. The third-order valence-electron chi connectivity index (χ3n) is 4.35. The summed E-state index contributed by atoms with van der Waals surface area (Å²) in [5.74, 6) is 0.631. The number of carbonyl (C=O) groups is 1. The Kier molecular flexibility index (Phi) is 11.3. The van der Waals surface area contributed by atoms with E-state index in [4.69, 9.17) is 9.47 Å². The summed E-state index contributed by atoms with van der Waals surface area (Å²) in [6, 6.07) is 7.86. The fourth-order valence-electron chi connectivity index (χ4n) is 3.01. The molecule has 0 atom stereocenters. The third kappa shape index (κ3) is 8.56. The van der Waals surface area contributed by atoms with Gasteiger partial charge in [0.15, 0.2) is 0 Å². The smallest absolute Gasteiger partial charge is 0.251 e. The predicted molar refractivity (Wildman–Crippen MR) is 103 cm³/mol. The summed E-state index contributed by atoms with van der Waals surface area (Å²) < 4.78 is 10.5. The molecule has 0 heterocycles. The van der Waals surface area contributed by atoms with E-state index in [1.807, 2.05) is 12.1 Å². The van der Waals surface area contributed by atoms with Crippen LogP contribution in [0.3, 0.4) is 0 Å². The molecule has 1 aliphatic carbocycles. The Bertz CT molecular complexity index is 491. The third-order valence-corrected chi connectivity index (χ3v) is 4.35. The van der Waals surface area contributed by atoms with Crippen molar-refractivity contribution < 1.29 is 14.3 Å². The molecule has 1 fully saturated rings. The second-order valence-corrected chi connectivity index (χ2v) is 6.27. The minimum Gasteiger partial charge on any atom is -0.491 e. The minimum absolute atomic E-state index is 0. The van der Waals surface area contributed by atoms with E-state index >= 15 is 0 Å². The van der Waals surface area contributed by atoms with Gasteiger partial charge in [0, 0.05) is 31.8 Å². The van der Waals surface area contributed by atoms with Crippen molar-refractivity contribution in [2.45, 2.75) is 44.6 Å². The number of hydrogen-bond acceptors (Lipinski definition) is 4. The molecule has 0 spiro atoms. The van der Waals surface area contributed by atoms with Gasteiger partial charge in [-0.15, -0.1) is 12.4 Å². The summed E-state index contributed by atoms with van der Waals surface area (Å²) in [5, 5.41) is 6.53. The maximum atomic E-state index is 12.2. The summed E-state index contributed by atoms with van der Waals surface area (Å²) in [7, 11) is 1.64. The van der Waals surface area contributed by atoms with E-state index in [2.05, 4.69) is 10.6 Å². The molecule has 0 bridgehead atoms. The molecule has 6 heteroatoms. The lowest BCUT2D eigenvalue weighted by molar-refractivity contribution is 0.0952. The van der Waals surface area contributed by atoms with Crippen molar-refractivity contribution in [1.82, 2.24) is 10.6 Å². The van der Waals surface area contributed by atoms with Gasteiger partial charge in [0.05, 0.1) is 6.61 Å². The van der Waals surface area contributed by atoms with Gasteiger partial charge in [-0.2, -0.15) is 0 Å². The quantitative estimate of drug-likeness (QED) is 0.517. The van der Waals surface area contributed by atoms with Crippen LogP contribution < -0.4 is 15.4 Å². The molecule has 0 unspecified atom stereocenters. The SMILES string of the molecule is COCCOc1cccc(C(=O)NCCNC2CCCCCC2)c1.Cl. The summed E-state index contributed by atoms with van der Waals surface area (Å²) in [4.78, 5) is 12.2. The molecular formula is C19H31ClN2O3. The molecule has 1 aromatic rings. The number of hydrogen-bond donors (Lipinski definition) is 2. The van der Waals surface area contributed by atoms with Crippen molar-refractivity contribution >= 4 is 18.3 Å². The van der Waals surface area contributed by atoms with Gasteiger partial charge >= 0.3 is 0 Å². The zero-order valence-corrected chi connectivity index (χ0v) is 15.9. The first kappa shape index (κ1) is 21.7. The number of benzene rings is 1. The molecule has 1 saturated carbocycles. The molecule has 142 valence electrons. The highest BCUT2D eigenvalue weighted by Gasteiger charge is 2.11. The van der Waals surface area contributed by atoms with Gasteiger partial charge in [-0.25, -0.2) is 0 Å². The van der Waals surface area contributed by atoms with Gasteiger partial charge < -0.3 is 20.1 Å². The second-order valence-electron chi connectivity index (χ2n) is 6.27. The van der Waals surface area contributed by atoms with Crippen LogP contribution in [0.2, 0.25) is 0 Å². The molecule has 0 aliphatic heterocycles. The zero-order chi connectivity index (χ0) is 17.0. The van der Waals surface area contributed by atoms with E-state index in [-0.39, 0.29) is 18.3 Å². The highest BCUT2D eigenvalue weighted by molar-refractivity contribution is 5.94. The van der Waals surface area contributed by atoms with Crippen LogP contribution in [0.25, 0.3) is 0 Å². The van der Waals surface area contributed by atoms with Crippen LogP contribution >= 0.6 is 12.4 Å². The van der Waals surface area contributed by atoms with E-state index in [1.54, 1.807) is 19.2 Å². The fourth-order valence-corrected chi connectivity index (χ4v) is 3.01. The fraction of sp³-hybridized carbons (Fsp3) is 0.632. The van der Waals surface area contributed by atoms with Crippen molar-refractivity contribution in [3.8, 4) is 5.75 Å². The van der Waals surface area contributed by atoms with Crippen LogP contribution in [0, 0.1) is 0 Å². The van der Waals surface area contributed by atoms with Crippen molar-refractivity contribution in [2.75, 3.05) is 33.4 Å². The van der Waals surface area contributed by atoms with E-state index in [9.17, 15) is 4.79 Å². The number of nitrogens with one attached hydrogen (secondary N) is 2. The standard InChI is InChI=1S/C19H30N2O3.ClH/c1-23-13-14-24-18-10-6-7-16(15-18)19(22)21-12-11-20-17-8-4-2-3-5-9-17;/h6-7,10,15,17,20H,2-5,8-9,11-14H2,1H3,(H,21,22);1H. The maximum Gasteiger partial charge on any atom is 0.251 e. The molecule has 2 N–H and O–H groups in total. The van der Waals surface area contributed by atoms with Gasteiger partial charge in [0.2, 0.25) is 0 Å². The molecule has 0 radical (unpaired) electrons. The normalized spacial score (nSPS) is 15.1. The van der Waals surface area contributed by atoms with Gasteiger partial charge in [0.1, 0.15) is 12.4 Å². The van der Waals surface area contributed by atoms with Crippen LogP contribution in [0.15, 0.2) is 24.3 Å². The van der Waals surface area contributed by atoms with E-state index in [0.29, 0.717) is 37.1 Å². The summed E-state index contributed by atoms with van der Waals surface area (Å²) in [5.41, 5.74) is 0.624. The second kappa shape index (κ2) is 13.0. The van der Waals surface area contributed by atoms with Crippen LogP contribution in [-0.4, -0.2) is 45.4 Å². The predicted octanol–water partition coefficient (Wildman–Crippen LogP) is 3.18. The highest BCUT2D eigenvalue weighted by Crippen LogP contribution is 2.17. The summed E-state index contributed by atoms with van der Waals surface area (Å²) >= 11 is 0. The van der Waals surface area contributed by atoms with Gasteiger partial charge in [-0.1, -0.05) is 31.7 Å². The van der Waals surface area contributed by atoms with Crippen molar-refractivity contribution in [3.63, 3.8) is 0 Å². The summed E-state index contributed by atoms with van der Waals surface area (Å²) in [6.45, 7) is 2.47. The van der Waals surface area contributed by atoms with Gasteiger partial charge in [-0.3, -0.25) is 4.79 Å². The average molecular weight is 371 g/mol. The lowest BCUT2D eigenvalue weighted by Crippen LogP contribution is -2.36. The van der Waals surface area contributed by atoms with E-state index in [0.717, 1.165) is 6.54 Å². The number of amides is 1. The Morgan fingerprint density at radius 1 is 1.12 bits per heavy atom. The number of methoxy groups -OCH3 is 1. The Hall–Kier alpha value is -1.30. The number of ether oxygens (including phenoxy) is 2. The molecule has 1 aromatic carbocycles. The number of rotatable bonds is 9. The van der Waals surface area contributed by atoms with Gasteiger partial charge in [0.25, 0.3) is 5.91 Å².